The summed E-state index contributed by atoms with van der Waals surface area (Å²) in [5.74, 6) is 0.481. The lowest BCUT2D eigenvalue weighted by molar-refractivity contribution is 0.585. The number of fused-ring (bicyclic) bond motifs is 3. The fourth-order valence-electron chi connectivity index (χ4n) is 4.30. The number of sulfonamides is 1. The summed E-state index contributed by atoms with van der Waals surface area (Å²) in [7, 11) is -1.82. The van der Waals surface area contributed by atoms with Gasteiger partial charge in [0, 0.05) is 19.3 Å². The second-order valence-electron chi connectivity index (χ2n) is 8.63. The van der Waals surface area contributed by atoms with Gasteiger partial charge in [0.1, 0.15) is 0 Å². The number of rotatable bonds is 7. The molecule has 0 spiro atoms. The van der Waals surface area contributed by atoms with Gasteiger partial charge in [-0.15, -0.1) is 0 Å². The first kappa shape index (κ1) is 26.0. The third-order valence-electron chi connectivity index (χ3n) is 6.25. The zero-order valence-electron chi connectivity index (χ0n) is 20.4. The van der Waals surface area contributed by atoms with Crippen molar-refractivity contribution in [2.24, 2.45) is 7.05 Å². The maximum Gasteiger partial charge on any atom is 0.258 e. The third kappa shape index (κ3) is 4.81. The number of para-hydroxylation sites is 1. The molecule has 0 unspecified atom stereocenters. The van der Waals surface area contributed by atoms with Crippen molar-refractivity contribution in [3.8, 4) is 0 Å². The molecule has 0 atom stereocenters. The molecule has 8 nitrogen and oxygen atoms in total. The molecule has 0 aliphatic heterocycles. The standard InChI is InChI=1S/C27H23Cl2N5O3S/c1-16-18-13-14-22-25(34(2)27(32-22)33-24-19(28)10-6-11-20(24)29)23(18)26(35)31-21(16)12-7-15-30-38(36,37)17-8-4-3-5-9-17/h3-14,30H,15H2,1-2H3,(H,31,35)(H,32,33)/b12-7+. The zero-order chi connectivity index (χ0) is 27.0. The number of nitrogens with one attached hydrogen (secondary N) is 3. The SMILES string of the molecule is Cc1c(/C=C/CNS(=O)(=O)c2ccccc2)[nH]c(=O)c2c1ccc1nc(Nc3c(Cl)cccc3Cl)n(C)c12. The normalized spacial score (nSPS) is 12.1. The van der Waals surface area contributed by atoms with E-state index in [9.17, 15) is 13.2 Å². The number of anilines is 2. The van der Waals surface area contributed by atoms with Gasteiger partial charge >= 0.3 is 0 Å². The molecule has 0 amide bonds. The number of halogens is 2. The molecule has 3 N–H and O–H groups in total. The van der Waals surface area contributed by atoms with Gasteiger partial charge in [-0.05, 0) is 54.3 Å². The van der Waals surface area contributed by atoms with Gasteiger partial charge in [-0.1, -0.05) is 59.6 Å². The molecule has 194 valence electrons. The van der Waals surface area contributed by atoms with Crippen LogP contribution >= 0.6 is 23.2 Å². The Balaban J connectivity index is 1.47. The first-order valence-electron chi connectivity index (χ1n) is 11.6. The van der Waals surface area contributed by atoms with Crippen LogP contribution in [0.1, 0.15) is 11.3 Å². The van der Waals surface area contributed by atoms with Crippen molar-refractivity contribution in [3.63, 3.8) is 0 Å². The molecule has 0 saturated heterocycles. The van der Waals surface area contributed by atoms with E-state index >= 15 is 0 Å². The molecule has 5 rings (SSSR count). The smallest absolute Gasteiger partial charge is 0.258 e. The predicted octanol–water partition coefficient (Wildman–Crippen LogP) is 5.77. The minimum absolute atomic E-state index is 0.0666. The molecule has 0 saturated carbocycles. The van der Waals surface area contributed by atoms with Crippen LogP contribution in [0.3, 0.4) is 0 Å². The van der Waals surface area contributed by atoms with Crippen LogP contribution in [0.25, 0.3) is 27.9 Å². The molecule has 0 aliphatic carbocycles. The molecule has 0 radical (unpaired) electrons. The number of aromatic amines is 1. The molecular formula is C27H23Cl2N5O3S. The summed E-state index contributed by atoms with van der Waals surface area (Å²) in [6.07, 6.45) is 3.35. The van der Waals surface area contributed by atoms with Crippen molar-refractivity contribution in [1.29, 1.82) is 0 Å². The highest BCUT2D eigenvalue weighted by molar-refractivity contribution is 7.89. The van der Waals surface area contributed by atoms with E-state index in [2.05, 4.69) is 20.0 Å². The van der Waals surface area contributed by atoms with Crippen molar-refractivity contribution in [1.82, 2.24) is 19.3 Å². The number of H-pyrrole nitrogens is 1. The summed E-state index contributed by atoms with van der Waals surface area (Å²) < 4.78 is 29.2. The summed E-state index contributed by atoms with van der Waals surface area (Å²) >= 11 is 12.6. The van der Waals surface area contributed by atoms with E-state index in [0.717, 1.165) is 10.9 Å². The number of hydrogen-bond acceptors (Lipinski definition) is 5. The molecule has 0 bridgehead atoms. The van der Waals surface area contributed by atoms with Crippen molar-refractivity contribution in [3.05, 3.63) is 98.4 Å². The highest BCUT2D eigenvalue weighted by Crippen LogP contribution is 2.34. The van der Waals surface area contributed by atoms with Gasteiger partial charge in [0.2, 0.25) is 16.0 Å². The first-order valence-corrected chi connectivity index (χ1v) is 13.9. The molecule has 0 fully saturated rings. The molecule has 0 aliphatic rings. The lowest BCUT2D eigenvalue weighted by Gasteiger charge is -2.11. The van der Waals surface area contributed by atoms with E-state index in [4.69, 9.17) is 23.2 Å². The molecular weight excluding hydrogens is 545 g/mol. The Morgan fingerprint density at radius 1 is 1.03 bits per heavy atom. The van der Waals surface area contributed by atoms with E-state index in [1.807, 2.05) is 26.1 Å². The Kier molecular flexibility index (Phi) is 7.02. The minimum Gasteiger partial charge on any atom is -0.323 e. The van der Waals surface area contributed by atoms with Gasteiger partial charge in [-0.25, -0.2) is 18.1 Å². The lowest BCUT2D eigenvalue weighted by atomic mass is 10.0. The van der Waals surface area contributed by atoms with Crippen LogP contribution in [0.4, 0.5) is 11.6 Å². The fourth-order valence-corrected chi connectivity index (χ4v) is 5.79. The zero-order valence-corrected chi connectivity index (χ0v) is 22.7. The van der Waals surface area contributed by atoms with Gasteiger partial charge in [0.15, 0.2) is 0 Å². The Bertz CT molecular complexity index is 1860. The van der Waals surface area contributed by atoms with Crippen LogP contribution in [0.15, 0.2) is 76.4 Å². The average molecular weight is 568 g/mol. The van der Waals surface area contributed by atoms with E-state index in [1.54, 1.807) is 53.1 Å². The first-order chi connectivity index (χ1) is 18.2. The minimum atomic E-state index is -3.63. The number of imidazole rings is 1. The van der Waals surface area contributed by atoms with Crippen molar-refractivity contribution >= 4 is 72.7 Å². The van der Waals surface area contributed by atoms with Gasteiger partial charge in [-0.2, -0.15) is 0 Å². The molecule has 2 aromatic heterocycles. The highest BCUT2D eigenvalue weighted by Gasteiger charge is 2.17. The van der Waals surface area contributed by atoms with Crippen molar-refractivity contribution in [2.75, 3.05) is 11.9 Å². The summed E-state index contributed by atoms with van der Waals surface area (Å²) in [5, 5.41) is 5.33. The maximum atomic E-state index is 13.3. The second-order valence-corrected chi connectivity index (χ2v) is 11.2. The largest absolute Gasteiger partial charge is 0.323 e. The summed E-state index contributed by atoms with van der Waals surface area (Å²) in [6, 6.07) is 17.1. The highest BCUT2D eigenvalue weighted by atomic mass is 35.5. The van der Waals surface area contributed by atoms with Gasteiger partial charge in [0.25, 0.3) is 5.56 Å². The van der Waals surface area contributed by atoms with Gasteiger partial charge in [-0.3, -0.25) is 4.79 Å². The monoisotopic (exact) mass is 567 g/mol. The topological polar surface area (TPSA) is 109 Å². The Hall–Kier alpha value is -3.63. The van der Waals surface area contributed by atoms with Crippen LogP contribution in [0.5, 0.6) is 0 Å². The fraction of sp³-hybridized carbons (Fsp3) is 0.111. The average Bonchev–Trinajstić information content (AvgIpc) is 3.22. The van der Waals surface area contributed by atoms with E-state index < -0.39 is 10.0 Å². The Labute approximate surface area is 229 Å². The number of aromatic nitrogens is 3. The number of pyridine rings is 1. The van der Waals surface area contributed by atoms with Crippen LogP contribution < -0.4 is 15.6 Å². The number of nitrogens with zero attached hydrogens (tertiary/aromatic N) is 2. The summed E-state index contributed by atoms with van der Waals surface area (Å²) in [5.41, 5.74) is 2.96. The predicted molar refractivity (Wildman–Crippen MR) is 154 cm³/mol. The van der Waals surface area contributed by atoms with E-state index in [0.29, 0.717) is 43.8 Å². The molecule has 38 heavy (non-hydrogen) atoms. The van der Waals surface area contributed by atoms with Crippen LogP contribution in [0, 0.1) is 6.92 Å². The summed E-state index contributed by atoms with van der Waals surface area (Å²) in [6.45, 7) is 1.97. The molecule has 2 heterocycles. The lowest BCUT2D eigenvalue weighted by Crippen LogP contribution is -2.23. The molecule has 11 heteroatoms. The van der Waals surface area contributed by atoms with Crippen LogP contribution in [0.2, 0.25) is 10.0 Å². The third-order valence-corrected chi connectivity index (χ3v) is 8.32. The van der Waals surface area contributed by atoms with Gasteiger partial charge < -0.3 is 14.9 Å². The van der Waals surface area contributed by atoms with E-state index in [-0.39, 0.29) is 17.0 Å². The summed E-state index contributed by atoms with van der Waals surface area (Å²) in [4.78, 5) is 21.0. The second kappa shape index (κ2) is 10.3. The van der Waals surface area contributed by atoms with E-state index in [1.165, 1.54) is 12.1 Å². The van der Waals surface area contributed by atoms with Gasteiger partial charge in [0.05, 0.1) is 37.0 Å². The number of aryl methyl sites for hydroxylation is 2. The maximum absolute atomic E-state index is 13.3. The molecule has 3 aromatic carbocycles. The van der Waals surface area contributed by atoms with Crippen molar-refractivity contribution in [2.45, 2.75) is 11.8 Å². The van der Waals surface area contributed by atoms with Crippen LogP contribution in [-0.4, -0.2) is 29.5 Å². The number of hydrogen-bond donors (Lipinski definition) is 3. The quantitative estimate of drug-likeness (QED) is 0.231. The Morgan fingerprint density at radius 2 is 1.74 bits per heavy atom. The number of benzene rings is 3. The van der Waals surface area contributed by atoms with Crippen LogP contribution in [-0.2, 0) is 17.1 Å². The molecule has 5 aromatic rings. The Morgan fingerprint density at radius 3 is 2.45 bits per heavy atom. The van der Waals surface area contributed by atoms with Crippen molar-refractivity contribution < 1.29 is 8.42 Å².